The summed E-state index contributed by atoms with van der Waals surface area (Å²) in [6.07, 6.45) is 2.71. The Morgan fingerprint density at radius 2 is 2.11 bits per heavy atom. The maximum Gasteiger partial charge on any atom is 0.238 e. The average Bonchev–Trinajstić information content (AvgIpc) is 3.07. The third-order valence-electron chi connectivity index (χ3n) is 3.52. The number of rotatable bonds is 6. The van der Waals surface area contributed by atoms with E-state index in [9.17, 15) is 12.8 Å². The molecule has 106 valence electrons. The third-order valence-corrected chi connectivity index (χ3v) is 4.43. The molecule has 4 N–H and O–H groups in total. The average molecular weight is 288 g/mol. The molecule has 1 aliphatic rings. The number of aliphatic hydroxyl groups excluding tert-OH is 1. The molecule has 0 spiro atoms. The number of aliphatic hydroxyl groups is 1. The van der Waals surface area contributed by atoms with Gasteiger partial charge in [0, 0.05) is 13.2 Å². The number of nitrogens with one attached hydrogen (secondary N) is 1. The lowest BCUT2D eigenvalue weighted by Crippen LogP contribution is -2.18. The molecular weight excluding hydrogens is 271 g/mol. The van der Waals surface area contributed by atoms with Gasteiger partial charge in [0.05, 0.1) is 10.6 Å². The number of primary sulfonamides is 1. The first-order chi connectivity index (χ1) is 8.86. The maximum absolute atomic E-state index is 13.7. The van der Waals surface area contributed by atoms with Crippen molar-refractivity contribution in [2.45, 2.75) is 24.2 Å². The maximum atomic E-state index is 13.7. The van der Waals surface area contributed by atoms with E-state index in [4.69, 9.17) is 10.2 Å². The minimum atomic E-state index is -3.88. The van der Waals surface area contributed by atoms with Gasteiger partial charge < -0.3 is 10.4 Å². The lowest BCUT2D eigenvalue weighted by molar-refractivity contribution is 0.253. The van der Waals surface area contributed by atoms with Gasteiger partial charge in [-0.05, 0) is 42.9 Å². The standard InChI is InChI=1S/C12H17FN2O3S/c13-10-7-9(19(14,17)18)1-2-11(10)15-8-12(3-4-12)5-6-16/h1-2,7,15-16H,3-6,8H2,(H2,14,17,18). The van der Waals surface area contributed by atoms with Gasteiger partial charge in [-0.2, -0.15) is 0 Å². The van der Waals surface area contributed by atoms with Crippen LogP contribution in [-0.4, -0.2) is 26.7 Å². The van der Waals surface area contributed by atoms with Gasteiger partial charge in [-0.15, -0.1) is 0 Å². The van der Waals surface area contributed by atoms with Crippen molar-refractivity contribution in [2.24, 2.45) is 10.6 Å². The Kier molecular flexibility index (Phi) is 3.80. The molecule has 0 amide bonds. The second-order valence-corrected chi connectivity index (χ2v) is 6.58. The highest BCUT2D eigenvalue weighted by Crippen LogP contribution is 2.48. The number of sulfonamides is 1. The number of anilines is 1. The topological polar surface area (TPSA) is 92.4 Å². The van der Waals surface area contributed by atoms with E-state index in [0.29, 0.717) is 13.0 Å². The molecule has 5 nitrogen and oxygen atoms in total. The molecule has 1 aromatic carbocycles. The Morgan fingerprint density at radius 3 is 2.58 bits per heavy atom. The summed E-state index contributed by atoms with van der Waals surface area (Å²) in [5.74, 6) is -0.647. The lowest BCUT2D eigenvalue weighted by Gasteiger charge is -2.16. The minimum Gasteiger partial charge on any atom is -0.396 e. The van der Waals surface area contributed by atoms with Crippen molar-refractivity contribution < 1.29 is 17.9 Å². The molecule has 19 heavy (non-hydrogen) atoms. The van der Waals surface area contributed by atoms with Crippen LogP contribution >= 0.6 is 0 Å². The Morgan fingerprint density at radius 1 is 1.42 bits per heavy atom. The van der Waals surface area contributed by atoms with Crippen LogP contribution in [0.1, 0.15) is 19.3 Å². The number of benzene rings is 1. The van der Waals surface area contributed by atoms with Crippen LogP contribution in [0, 0.1) is 11.2 Å². The van der Waals surface area contributed by atoms with Crippen LogP contribution in [-0.2, 0) is 10.0 Å². The van der Waals surface area contributed by atoms with E-state index in [1.54, 1.807) is 0 Å². The zero-order chi connectivity index (χ0) is 14.1. The Labute approximate surface area is 111 Å². The smallest absolute Gasteiger partial charge is 0.238 e. The van der Waals surface area contributed by atoms with Crippen LogP contribution in [0.3, 0.4) is 0 Å². The summed E-state index contributed by atoms with van der Waals surface area (Å²) in [6, 6.07) is 3.54. The summed E-state index contributed by atoms with van der Waals surface area (Å²) >= 11 is 0. The zero-order valence-corrected chi connectivity index (χ0v) is 11.2. The molecular formula is C12H17FN2O3S. The van der Waals surface area contributed by atoms with Crippen LogP contribution in [0.25, 0.3) is 0 Å². The molecule has 0 aliphatic heterocycles. The number of hydrogen-bond donors (Lipinski definition) is 3. The second kappa shape index (κ2) is 5.07. The van der Waals surface area contributed by atoms with Crippen LogP contribution in [0.2, 0.25) is 0 Å². The van der Waals surface area contributed by atoms with Crippen LogP contribution in [0.4, 0.5) is 10.1 Å². The van der Waals surface area contributed by atoms with Gasteiger partial charge in [0.1, 0.15) is 5.82 Å². The predicted molar refractivity (Wildman–Crippen MR) is 69.6 cm³/mol. The molecule has 0 bridgehead atoms. The van der Waals surface area contributed by atoms with Crippen LogP contribution in [0.15, 0.2) is 23.1 Å². The highest BCUT2D eigenvalue weighted by atomic mass is 32.2. The van der Waals surface area contributed by atoms with E-state index in [2.05, 4.69) is 5.32 Å². The van der Waals surface area contributed by atoms with Crippen molar-refractivity contribution in [2.75, 3.05) is 18.5 Å². The quantitative estimate of drug-likeness (QED) is 0.729. The monoisotopic (exact) mass is 288 g/mol. The summed E-state index contributed by atoms with van der Waals surface area (Å²) in [6.45, 7) is 0.688. The van der Waals surface area contributed by atoms with Crippen molar-refractivity contribution in [1.82, 2.24) is 0 Å². The molecule has 0 heterocycles. The summed E-state index contributed by atoms with van der Waals surface area (Å²) in [5.41, 5.74) is 0.302. The lowest BCUT2D eigenvalue weighted by atomic mass is 10.0. The highest BCUT2D eigenvalue weighted by molar-refractivity contribution is 7.89. The van der Waals surface area contributed by atoms with Gasteiger partial charge in [-0.3, -0.25) is 0 Å². The molecule has 1 fully saturated rings. The zero-order valence-electron chi connectivity index (χ0n) is 10.4. The van der Waals surface area contributed by atoms with Crippen molar-refractivity contribution in [3.8, 4) is 0 Å². The van der Waals surface area contributed by atoms with Gasteiger partial charge in [0.2, 0.25) is 10.0 Å². The van der Waals surface area contributed by atoms with Crippen LogP contribution in [0.5, 0.6) is 0 Å². The largest absolute Gasteiger partial charge is 0.396 e. The van der Waals surface area contributed by atoms with Crippen LogP contribution < -0.4 is 10.5 Å². The molecule has 0 radical (unpaired) electrons. The van der Waals surface area contributed by atoms with Crippen molar-refractivity contribution in [3.63, 3.8) is 0 Å². The third kappa shape index (κ3) is 3.43. The van der Waals surface area contributed by atoms with E-state index in [1.807, 2.05) is 0 Å². The first-order valence-electron chi connectivity index (χ1n) is 6.03. The van der Waals surface area contributed by atoms with Gasteiger partial charge in [0.15, 0.2) is 0 Å². The molecule has 0 aromatic heterocycles. The number of halogens is 1. The number of hydrogen-bond acceptors (Lipinski definition) is 4. The van der Waals surface area contributed by atoms with Gasteiger partial charge in [-0.25, -0.2) is 17.9 Å². The molecule has 2 rings (SSSR count). The summed E-state index contributed by atoms with van der Waals surface area (Å²) in [7, 11) is -3.88. The minimum absolute atomic E-state index is 0.0554. The highest BCUT2D eigenvalue weighted by Gasteiger charge is 2.41. The van der Waals surface area contributed by atoms with Gasteiger partial charge in [-0.1, -0.05) is 0 Å². The van der Waals surface area contributed by atoms with Gasteiger partial charge in [0.25, 0.3) is 0 Å². The van der Waals surface area contributed by atoms with E-state index in [-0.39, 0.29) is 22.6 Å². The first kappa shape index (κ1) is 14.2. The molecule has 1 aromatic rings. The van der Waals surface area contributed by atoms with Crippen molar-refractivity contribution in [1.29, 1.82) is 0 Å². The molecule has 1 aliphatic carbocycles. The van der Waals surface area contributed by atoms with E-state index in [1.165, 1.54) is 12.1 Å². The first-order valence-corrected chi connectivity index (χ1v) is 7.58. The SMILES string of the molecule is NS(=O)(=O)c1ccc(NCC2(CCO)CC2)c(F)c1. The predicted octanol–water partition coefficient (Wildman–Crippen LogP) is 1.05. The second-order valence-electron chi connectivity index (χ2n) is 5.01. The normalized spacial score (nSPS) is 17.2. The fraction of sp³-hybridized carbons (Fsp3) is 0.500. The Bertz CT molecular complexity index is 570. The molecule has 0 atom stereocenters. The Hall–Kier alpha value is -1.18. The van der Waals surface area contributed by atoms with E-state index < -0.39 is 15.8 Å². The molecule has 0 unspecified atom stereocenters. The van der Waals surface area contributed by atoms with Crippen molar-refractivity contribution in [3.05, 3.63) is 24.0 Å². The van der Waals surface area contributed by atoms with Gasteiger partial charge >= 0.3 is 0 Å². The summed E-state index contributed by atoms with van der Waals surface area (Å²) < 4.78 is 35.9. The fourth-order valence-electron chi connectivity index (χ4n) is 2.03. The summed E-state index contributed by atoms with van der Waals surface area (Å²) in [5, 5.41) is 16.8. The fourth-order valence-corrected chi connectivity index (χ4v) is 2.55. The molecule has 0 saturated heterocycles. The number of nitrogens with two attached hydrogens (primary N) is 1. The van der Waals surface area contributed by atoms with Crippen molar-refractivity contribution >= 4 is 15.7 Å². The Balaban J connectivity index is 2.06. The summed E-state index contributed by atoms with van der Waals surface area (Å²) in [4.78, 5) is -0.243. The van der Waals surface area contributed by atoms with E-state index in [0.717, 1.165) is 18.9 Å². The molecule has 7 heteroatoms. The van der Waals surface area contributed by atoms with E-state index >= 15 is 0 Å². The molecule has 1 saturated carbocycles.